The summed E-state index contributed by atoms with van der Waals surface area (Å²) in [5.74, 6) is 0.333. The smallest absolute Gasteiger partial charge is 0.110 e. The minimum Gasteiger partial charge on any atom is -0.370 e. The van der Waals surface area contributed by atoms with E-state index in [2.05, 4.69) is 58.8 Å². The second kappa shape index (κ2) is 5.93. The summed E-state index contributed by atoms with van der Waals surface area (Å²) in [5.41, 5.74) is 7.84. The molecule has 26 heavy (non-hydrogen) atoms. The van der Waals surface area contributed by atoms with E-state index in [0.29, 0.717) is 5.92 Å². The lowest BCUT2D eigenvalue weighted by molar-refractivity contribution is 0.0169. The SMILES string of the molecule is Cc1ccc2c(c1)c1c3n2CC(c2ccc(C)nc2)COC3CN(C)C1. The highest BCUT2D eigenvalue weighted by Crippen LogP contribution is 2.40. The van der Waals surface area contributed by atoms with Gasteiger partial charge in [-0.15, -0.1) is 0 Å². The standard InChI is InChI=1S/C22H25N3O/c1-14-4-7-20-18(8-14)19-11-24(3)12-21-22(19)25(20)10-17(13-26-21)16-6-5-15(2)23-9-16/h4-9,17,21H,10-13H2,1-3H3. The molecule has 0 bridgehead atoms. The lowest BCUT2D eigenvalue weighted by Gasteiger charge is -2.30. The maximum atomic E-state index is 6.45. The third-order valence-corrected chi connectivity index (χ3v) is 5.89. The van der Waals surface area contributed by atoms with Gasteiger partial charge in [0.25, 0.3) is 0 Å². The van der Waals surface area contributed by atoms with Crippen LogP contribution < -0.4 is 0 Å². The van der Waals surface area contributed by atoms with Gasteiger partial charge in [-0.1, -0.05) is 17.7 Å². The molecule has 0 saturated carbocycles. The summed E-state index contributed by atoms with van der Waals surface area (Å²) in [6, 6.07) is 11.2. The molecular formula is C22H25N3O. The molecular weight excluding hydrogens is 322 g/mol. The Hall–Kier alpha value is -2.17. The number of benzene rings is 1. The summed E-state index contributed by atoms with van der Waals surface area (Å²) >= 11 is 0. The summed E-state index contributed by atoms with van der Waals surface area (Å²) in [4.78, 5) is 6.89. The third-order valence-electron chi connectivity index (χ3n) is 5.89. The van der Waals surface area contributed by atoms with E-state index in [9.17, 15) is 0 Å². The third kappa shape index (κ3) is 2.48. The molecule has 0 saturated heterocycles. The van der Waals surface area contributed by atoms with Crippen molar-refractivity contribution in [3.8, 4) is 0 Å². The molecule has 3 aromatic rings. The molecule has 4 heterocycles. The summed E-state index contributed by atoms with van der Waals surface area (Å²) in [7, 11) is 2.19. The largest absolute Gasteiger partial charge is 0.370 e. The molecule has 0 fully saturated rings. The van der Waals surface area contributed by atoms with E-state index in [1.54, 1.807) is 0 Å². The van der Waals surface area contributed by atoms with Crippen molar-refractivity contribution in [2.45, 2.75) is 39.0 Å². The fourth-order valence-corrected chi connectivity index (χ4v) is 4.55. The van der Waals surface area contributed by atoms with Crippen molar-refractivity contribution >= 4 is 10.9 Å². The molecule has 2 aliphatic heterocycles. The minimum absolute atomic E-state index is 0.153. The molecule has 2 unspecified atom stereocenters. The van der Waals surface area contributed by atoms with Crippen LogP contribution in [0.2, 0.25) is 0 Å². The summed E-state index contributed by atoms with van der Waals surface area (Å²) in [6.07, 6.45) is 2.17. The molecule has 134 valence electrons. The number of rotatable bonds is 1. The normalized spacial score (nSPS) is 23.0. The maximum Gasteiger partial charge on any atom is 0.110 e. The zero-order valence-corrected chi connectivity index (χ0v) is 15.7. The monoisotopic (exact) mass is 347 g/mol. The number of aromatic nitrogens is 2. The van der Waals surface area contributed by atoms with E-state index in [1.807, 2.05) is 13.1 Å². The average molecular weight is 347 g/mol. The van der Waals surface area contributed by atoms with Gasteiger partial charge < -0.3 is 9.30 Å². The summed E-state index contributed by atoms with van der Waals surface area (Å²) in [6.45, 7) is 7.88. The second-order valence-corrected chi connectivity index (χ2v) is 7.94. The van der Waals surface area contributed by atoms with Crippen LogP contribution in [0.5, 0.6) is 0 Å². The molecule has 0 spiro atoms. The van der Waals surface area contributed by atoms with Crippen LogP contribution in [0.1, 0.15) is 40.1 Å². The number of nitrogens with zero attached hydrogens (tertiary/aromatic N) is 3. The van der Waals surface area contributed by atoms with Crippen LogP contribution in [0, 0.1) is 13.8 Å². The number of fused-ring (bicyclic) bond motifs is 3. The maximum absolute atomic E-state index is 6.45. The van der Waals surface area contributed by atoms with Crippen molar-refractivity contribution in [1.82, 2.24) is 14.5 Å². The fraction of sp³-hybridized carbons (Fsp3) is 0.409. The Morgan fingerprint density at radius 3 is 2.81 bits per heavy atom. The average Bonchev–Trinajstić information content (AvgIpc) is 2.79. The predicted molar refractivity (Wildman–Crippen MR) is 103 cm³/mol. The van der Waals surface area contributed by atoms with E-state index >= 15 is 0 Å². The molecule has 0 radical (unpaired) electrons. The highest BCUT2D eigenvalue weighted by Gasteiger charge is 2.34. The van der Waals surface area contributed by atoms with Gasteiger partial charge in [0.05, 0.1) is 12.3 Å². The molecule has 4 heteroatoms. The Balaban J connectivity index is 1.67. The first-order chi connectivity index (χ1) is 12.6. The molecule has 0 aliphatic carbocycles. The van der Waals surface area contributed by atoms with Gasteiger partial charge in [-0.2, -0.15) is 0 Å². The molecule has 2 atom stereocenters. The number of hydrogen-bond acceptors (Lipinski definition) is 3. The lowest BCUT2D eigenvalue weighted by Crippen LogP contribution is -2.32. The topological polar surface area (TPSA) is 30.3 Å². The molecule has 5 rings (SSSR count). The molecule has 1 aromatic carbocycles. The summed E-state index contributed by atoms with van der Waals surface area (Å²) < 4.78 is 8.97. The Morgan fingerprint density at radius 1 is 1.12 bits per heavy atom. The van der Waals surface area contributed by atoms with Gasteiger partial charge in [0.1, 0.15) is 6.10 Å². The van der Waals surface area contributed by atoms with Crippen molar-refractivity contribution < 1.29 is 4.74 Å². The van der Waals surface area contributed by atoms with Gasteiger partial charge >= 0.3 is 0 Å². The molecule has 2 aromatic heterocycles. The van der Waals surface area contributed by atoms with Crippen LogP contribution in [0.4, 0.5) is 0 Å². The molecule has 0 N–H and O–H groups in total. The fourth-order valence-electron chi connectivity index (χ4n) is 4.55. The van der Waals surface area contributed by atoms with Crippen molar-refractivity contribution in [2.75, 3.05) is 20.2 Å². The van der Waals surface area contributed by atoms with E-state index in [1.165, 1.54) is 33.3 Å². The number of hydrogen-bond donors (Lipinski definition) is 0. The van der Waals surface area contributed by atoms with E-state index in [0.717, 1.165) is 31.9 Å². The van der Waals surface area contributed by atoms with E-state index in [-0.39, 0.29) is 6.10 Å². The van der Waals surface area contributed by atoms with Crippen LogP contribution in [0.15, 0.2) is 36.5 Å². The highest BCUT2D eigenvalue weighted by atomic mass is 16.5. The van der Waals surface area contributed by atoms with Crippen molar-refractivity contribution in [3.05, 3.63) is 64.6 Å². The number of ether oxygens (including phenoxy) is 1. The first-order valence-corrected chi connectivity index (χ1v) is 9.44. The minimum atomic E-state index is 0.153. The van der Waals surface area contributed by atoms with Crippen molar-refractivity contribution in [2.24, 2.45) is 0 Å². The summed E-state index contributed by atoms with van der Waals surface area (Å²) in [5, 5.41) is 1.39. The molecule has 4 nitrogen and oxygen atoms in total. The molecule has 0 amide bonds. The molecule has 2 aliphatic rings. The number of aryl methyl sites for hydroxylation is 2. The van der Waals surface area contributed by atoms with Gasteiger partial charge in [-0.05, 0) is 50.2 Å². The Labute approximate surface area is 154 Å². The van der Waals surface area contributed by atoms with Crippen LogP contribution in [-0.2, 0) is 17.8 Å². The van der Waals surface area contributed by atoms with Gasteiger partial charge in [-0.25, -0.2) is 0 Å². The van der Waals surface area contributed by atoms with E-state index < -0.39 is 0 Å². The van der Waals surface area contributed by atoms with Gasteiger partial charge in [0.2, 0.25) is 0 Å². The first kappa shape index (κ1) is 16.0. The van der Waals surface area contributed by atoms with Crippen LogP contribution in [0.3, 0.4) is 0 Å². The second-order valence-electron chi connectivity index (χ2n) is 7.94. The highest BCUT2D eigenvalue weighted by molar-refractivity contribution is 5.86. The lowest BCUT2D eigenvalue weighted by atomic mass is 10.0. The van der Waals surface area contributed by atoms with Crippen LogP contribution in [-0.4, -0.2) is 34.7 Å². The zero-order valence-electron chi connectivity index (χ0n) is 15.7. The quantitative estimate of drug-likeness (QED) is 0.668. The van der Waals surface area contributed by atoms with Crippen LogP contribution in [0.25, 0.3) is 10.9 Å². The van der Waals surface area contributed by atoms with E-state index in [4.69, 9.17) is 4.74 Å². The van der Waals surface area contributed by atoms with Gasteiger partial charge in [-0.3, -0.25) is 9.88 Å². The van der Waals surface area contributed by atoms with Crippen molar-refractivity contribution in [3.63, 3.8) is 0 Å². The predicted octanol–water partition coefficient (Wildman–Crippen LogP) is 3.95. The van der Waals surface area contributed by atoms with Gasteiger partial charge in [0.15, 0.2) is 0 Å². The van der Waals surface area contributed by atoms with Crippen molar-refractivity contribution in [1.29, 1.82) is 0 Å². The Kier molecular flexibility index (Phi) is 3.66. The van der Waals surface area contributed by atoms with Crippen LogP contribution >= 0.6 is 0 Å². The Morgan fingerprint density at radius 2 is 2.00 bits per heavy atom. The van der Waals surface area contributed by atoms with Gasteiger partial charge in [0, 0.05) is 48.3 Å². The Bertz CT molecular complexity index is 973. The first-order valence-electron chi connectivity index (χ1n) is 9.44. The number of likely N-dealkylation sites (N-methyl/N-ethyl adjacent to an activating group) is 1. The zero-order chi connectivity index (χ0) is 17.8. The number of pyridine rings is 1.